The van der Waals surface area contributed by atoms with Crippen LogP contribution in [-0.4, -0.2) is 45.1 Å². The maximum absolute atomic E-state index is 11.8. The summed E-state index contributed by atoms with van der Waals surface area (Å²) in [4.78, 5) is 21.0. The number of aromatic nitrogens is 7. The maximum atomic E-state index is 11.8. The standard InChI is InChI=1S/C19H22N8O2/c1-5-6-27-16(17(28)10(2)24-27)13-9-25(3)19(23-13)15-11-8-21-26(4)14(11)7-12(22-15)18(20)29/h7-9,28H,5-6H2,1-4H3,(H2,20,29). The largest absolute Gasteiger partial charge is 0.504 e. The Morgan fingerprint density at radius 2 is 2.03 bits per heavy atom. The molecule has 4 aromatic rings. The molecule has 4 heterocycles. The minimum Gasteiger partial charge on any atom is -0.504 e. The molecule has 0 aliphatic rings. The number of aryl methyl sites for hydroxylation is 4. The third-order valence-corrected chi connectivity index (χ3v) is 4.86. The summed E-state index contributed by atoms with van der Waals surface area (Å²) in [6.07, 6.45) is 4.35. The quantitative estimate of drug-likeness (QED) is 0.530. The van der Waals surface area contributed by atoms with Gasteiger partial charge in [0.2, 0.25) is 0 Å². The molecule has 0 saturated carbocycles. The zero-order chi connectivity index (χ0) is 20.9. The van der Waals surface area contributed by atoms with E-state index in [0.29, 0.717) is 35.1 Å². The summed E-state index contributed by atoms with van der Waals surface area (Å²) in [7, 11) is 3.61. The smallest absolute Gasteiger partial charge is 0.267 e. The van der Waals surface area contributed by atoms with E-state index in [1.165, 1.54) is 0 Å². The molecule has 29 heavy (non-hydrogen) atoms. The lowest BCUT2D eigenvalue weighted by Gasteiger charge is -2.05. The third-order valence-electron chi connectivity index (χ3n) is 4.86. The van der Waals surface area contributed by atoms with Gasteiger partial charge in [0.15, 0.2) is 11.6 Å². The molecule has 1 amide bonds. The van der Waals surface area contributed by atoms with Gasteiger partial charge >= 0.3 is 0 Å². The molecular formula is C19H22N8O2. The lowest BCUT2D eigenvalue weighted by molar-refractivity contribution is 0.0996. The van der Waals surface area contributed by atoms with Crippen molar-refractivity contribution in [2.75, 3.05) is 0 Å². The van der Waals surface area contributed by atoms with Crippen LogP contribution in [0.15, 0.2) is 18.5 Å². The van der Waals surface area contributed by atoms with Crippen LogP contribution in [-0.2, 0) is 20.6 Å². The van der Waals surface area contributed by atoms with Gasteiger partial charge in [0.05, 0.1) is 11.7 Å². The van der Waals surface area contributed by atoms with Crippen LogP contribution in [0.5, 0.6) is 5.75 Å². The van der Waals surface area contributed by atoms with Crippen LogP contribution in [0.3, 0.4) is 0 Å². The van der Waals surface area contributed by atoms with Gasteiger partial charge in [-0.1, -0.05) is 6.92 Å². The number of primary amides is 1. The third kappa shape index (κ3) is 2.93. The van der Waals surface area contributed by atoms with E-state index < -0.39 is 5.91 Å². The van der Waals surface area contributed by atoms with Crippen molar-refractivity contribution >= 4 is 16.8 Å². The molecule has 0 aliphatic carbocycles. The molecule has 150 valence electrons. The summed E-state index contributed by atoms with van der Waals surface area (Å²) in [5.74, 6) is 0.00828. The van der Waals surface area contributed by atoms with Crippen LogP contribution >= 0.6 is 0 Å². The molecule has 0 aromatic carbocycles. The van der Waals surface area contributed by atoms with Crippen molar-refractivity contribution in [1.82, 2.24) is 34.1 Å². The lowest BCUT2D eigenvalue weighted by Crippen LogP contribution is -2.14. The first-order valence-electron chi connectivity index (χ1n) is 9.24. The van der Waals surface area contributed by atoms with Crippen LogP contribution in [0.4, 0.5) is 0 Å². The molecule has 4 rings (SSSR count). The number of rotatable bonds is 5. The number of pyridine rings is 1. The molecule has 4 aromatic heterocycles. The number of hydrogen-bond donors (Lipinski definition) is 2. The van der Waals surface area contributed by atoms with Crippen molar-refractivity contribution in [3.05, 3.63) is 29.8 Å². The number of carbonyl (C=O) groups is 1. The van der Waals surface area contributed by atoms with Gasteiger partial charge in [-0.25, -0.2) is 9.97 Å². The Bertz CT molecular complexity index is 1250. The van der Waals surface area contributed by atoms with Crippen molar-refractivity contribution in [1.29, 1.82) is 0 Å². The molecule has 10 nitrogen and oxygen atoms in total. The van der Waals surface area contributed by atoms with Gasteiger partial charge in [-0.3, -0.25) is 14.2 Å². The Hall–Kier alpha value is -3.69. The number of amides is 1. The fraction of sp³-hybridized carbons (Fsp3) is 0.316. The van der Waals surface area contributed by atoms with Crippen molar-refractivity contribution in [2.45, 2.75) is 26.8 Å². The summed E-state index contributed by atoms with van der Waals surface area (Å²) in [6, 6.07) is 1.61. The molecule has 0 bridgehead atoms. The SMILES string of the molecule is CCCn1nc(C)c(O)c1-c1cn(C)c(-c2nc(C(N)=O)cc3c2cnn3C)n1. The van der Waals surface area contributed by atoms with Crippen LogP contribution < -0.4 is 5.73 Å². The fourth-order valence-corrected chi connectivity index (χ4v) is 3.44. The summed E-state index contributed by atoms with van der Waals surface area (Å²) in [5, 5.41) is 20.0. The van der Waals surface area contributed by atoms with Crippen LogP contribution in [0, 0.1) is 6.92 Å². The predicted octanol–water partition coefficient (Wildman–Crippen LogP) is 1.76. The molecule has 0 saturated heterocycles. The summed E-state index contributed by atoms with van der Waals surface area (Å²) < 4.78 is 5.21. The second-order valence-corrected chi connectivity index (χ2v) is 6.99. The highest BCUT2D eigenvalue weighted by molar-refractivity contribution is 5.99. The Morgan fingerprint density at radius 1 is 1.28 bits per heavy atom. The Labute approximate surface area is 166 Å². The van der Waals surface area contributed by atoms with Crippen molar-refractivity contribution in [2.24, 2.45) is 19.8 Å². The second-order valence-electron chi connectivity index (χ2n) is 6.99. The van der Waals surface area contributed by atoms with Crippen molar-refractivity contribution in [3.63, 3.8) is 0 Å². The van der Waals surface area contributed by atoms with Gasteiger partial charge in [-0.2, -0.15) is 10.2 Å². The molecule has 0 fully saturated rings. The molecule has 0 atom stereocenters. The Morgan fingerprint density at radius 3 is 2.72 bits per heavy atom. The summed E-state index contributed by atoms with van der Waals surface area (Å²) >= 11 is 0. The Kier molecular flexibility index (Phi) is 4.33. The minimum absolute atomic E-state index is 0.105. The summed E-state index contributed by atoms with van der Waals surface area (Å²) in [6.45, 7) is 4.46. The average Bonchev–Trinajstić information content (AvgIpc) is 3.31. The van der Waals surface area contributed by atoms with Crippen LogP contribution in [0.2, 0.25) is 0 Å². The van der Waals surface area contributed by atoms with E-state index >= 15 is 0 Å². The topological polar surface area (TPSA) is 130 Å². The minimum atomic E-state index is -0.627. The monoisotopic (exact) mass is 394 g/mol. The van der Waals surface area contributed by atoms with Gasteiger partial charge in [0.25, 0.3) is 5.91 Å². The molecule has 0 aliphatic heterocycles. The number of carbonyl (C=O) groups excluding carboxylic acids is 1. The molecular weight excluding hydrogens is 372 g/mol. The zero-order valence-corrected chi connectivity index (χ0v) is 16.7. The summed E-state index contributed by atoms with van der Waals surface area (Å²) in [5.41, 5.74) is 8.50. The van der Waals surface area contributed by atoms with E-state index in [0.717, 1.165) is 17.3 Å². The Balaban J connectivity index is 1.94. The van der Waals surface area contributed by atoms with E-state index in [1.807, 2.05) is 14.0 Å². The first-order valence-corrected chi connectivity index (χ1v) is 9.24. The van der Waals surface area contributed by atoms with E-state index in [2.05, 4.69) is 15.2 Å². The number of nitrogens with two attached hydrogens (primary N) is 1. The number of fused-ring (bicyclic) bond motifs is 1. The first-order chi connectivity index (χ1) is 13.8. The van der Waals surface area contributed by atoms with Crippen molar-refractivity contribution < 1.29 is 9.90 Å². The molecule has 0 unspecified atom stereocenters. The van der Waals surface area contributed by atoms with Crippen LogP contribution in [0.25, 0.3) is 33.8 Å². The molecule has 0 spiro atoms. The molecule has 0 radical (unpaired) electrons. The normalized spacial score (nSPS) is 11.4. The fourth-order valence-electron chi connectivity index (χ4n) is 3.44. The van der Waals surface area contributed by atoms with Crippen LogP contribution in [0.1, 0.15) is 29.5 Å². The van der Waals surface area contributed by atoms with Gasteiger partial charge in [0.1, 0.15) is 28.5 Å². The second kappa shape index (κ2) is 6.73. The van der Waals surface area contributed by atoms with Gasteiger partial charge in [0, 0.05) is 32.2 Å². The first kappa shape index (κ1) is 18.7. The number of aromatic hydroxyl groups is 1. The number of imidazole rings is 1. The van der Waals surface area contributed by atoms with E-state index in [1.54, 1.807) is 46.4 Å². The van der Waals surface area contributed by atoms with Gasteiger partial charge in [-0.15, -0.1) is 0 Å². The molecule has 3 N–H and O–H groups in total. The van der Waals surface area contributed by atoms with E-state index in [9.17, 15) is 9.90 Å². The average molecular weight is 394 g/mol. The van der Waals surface area contributed by atoms with Crippen molar-refractivity contribution in [3.8, 4) is 28.7 Å². The highest BCUT2D eigenvalue weighted by atomic mass is 16.3. The number of nitrogens with zero attached hydrogens (tertiary/aromatic N) is 7. The van der Waals surface area contributed by atoms with E-state index in [-0.39, 0.29) is 11.4 Å². The molecule has 10 heteroatoms. The maximum Gasteiger partial charge on any atom is 0.267 e. The predicted molar refractivity (Wildman–Crippen MR) is 107 cm³/mol. The van der Waals surface area contributed by atoms with Gasteiger partial charge < -0.3 is 15.4 Å². The van der Waals surface area contributed by atoms with E-state index in [4.69, 9.17) is 10.7 Å². The van der Waals surface area contributed by atoms with Gasteiger partial charge in [-0.05, 0) is 19.4 Å². The zero-order valence-electron chi connectivity index (χ0n) is 16.7. The highest BCUT2D eigenvalue weighted by Gasteiger charge is 2.22. The number of hydrogen-bond acceptors (Lipinski definition) is 6. The lowest BCUT2D eigenvalue weighted by atomic mass is 10.2. The highest BCUT2D eigenvalue weighted by Crippen LogP contribution is 2.34.